The van der Waals surface area contributed by atoms with E-state index < -0.39 is 0 Å². The summed E-state index contributed by atoms with van der Waals surface area (Å²) in [4.78, 5) is 0. The Morgan fingerprint density at radius 1 is 0.652 bits per heavy atom. The van der Waals surface area contributed by atoms with E-state index in [4.69, 9.17) is 24.7 Å². The smallest absolute Gasteiger partial charge is 0.157 e. The van der Waals surface area contributed by atoms with Crippen molar-refractivity contribution >= 4 is 17.2 Å². The van der Waals surface area contributed by atoms with Crippen LogP contribution in [0.3, 0.4) is 0 Å². The molecule has 7 heteroatoms. The zero-order valence-electron chi connectivity index (χ0n) is 15.3. The molecule has 0 aromatic carbocycles. The molecule has 0 heterocycles. The Bertz CT molecular complexity index is 220. The molecule has 5 nitrogen and oxygen atoms in total. The molecule has 2 atom stereocenters. The third kappa shape index (κ3) is 13.6. The van der Waals surface area contributed by atoms with Crippen LogP contribution in [-0.4, -0.2) is 72.2 Å². The van der Waals surface area contributed by atoms with Crippen LogP contribution in [-0.2, 0) is 18.9 Å². The Morgan fingerprint density at radius 2 is 1.00 bits per heavy atom. The van der Waals surface area contributed by atoms with Gasteiger partial charge in [0.25, 0.3) is 0 Å². The van der Waals surface area contributed by atoms with Gasteiger partial charge in [-0.25, -0.2) is 0 Å². The van der Waals surface area contributed by atoms with Gasteiger partial charge in [0, 0.05) is 41.3 Å². The number of methoxy groups -OCH3 is 4. The molecule has 0 fully saturated rings. The molecule has 23 heavy (non-hydrogen) atoms. The summed E-state index contributed by atoms with van der Waals surface area (Å²) >= 11 is 0. The van der Waals surface area contributed by atoms with E-state index in [2.05, 4.69) is 0 Å². The summed E-state index contributed by atoms with van der Waals surface area (Å²) in [7, 11) is 8.76. The maximum absolute atomic E-state index is 5.91. The zero-order chi connectivity index (χ0) is 17.3. The number of hydrogen-bond acceptors (Lipinski definition) is 5. The van der Waals surface area contributed by atoms with Crippen LogP contribution < -0.4 is 5.73 Å². The molecule has 0 saturated heterocycles. The number of ether oxygens (including phenoxy) is 4. The predicted molar refractivity (Wildman–Crippen MR) is 103 cm³/mol. The minimum Gasteiger partial charge on any atom is -0.356 e. The molecule has 2 N–H and O–H groups in total. The van der Waals surface area contributed by atoms with E-state index in [9.17, 15) is 0 Å². The molecule has 0 saturated carbocycles. The summed E-state index contributed by atoms with van der Waals surface area (Å²) in [6, 6.07) is 0. The van der Waals surface area contributed by atoms with Crippen molar-refractivity contribution in [2.45, 2.75) is 38.3 Å². The first-order valence-corrected chi connectivity index (χ1v) is 11.3. The van der Waals surface area contributed by atoms with Crippen LogP contribution in [0.15, 0.2) is 0 Å². The van der Waals surface area contributed by atoms with Gasteiger partial charge in [-0.2, -0.15) is 0 Å². The van der Waals surface area contributed by atoms with E-state index in [0.717, 1.165) is 36.5 Å². The van der Waals surface area contributed by atoms with Crippen LogP contribution in [0.5, 0.6) is 0 Å². The van der Waals surface area contributed by atoms with Gasteiger partial charge in [-0.15, -0.1) is 17.2 Å². The molecule has 0 rings (SSSR count). The van der Waals surface area contributed by atoms with Gasteiger partial charge in [0.15, 0.2) is 12.6 Å². The van der Waals surface area contributed by atoms with Crippen molar-refractivity contribution in [1.29, 1.82) is 0 Å². The topological polar surface area (TPSA) is 62.9 Å². The molecule has 0 amide bonds. The monoisotopic (exact) mass is 369 g/mol. The van der Waals surface area contributed by atoms with E-state index in [1.807, 2.05) is 0 Å². The molecular weight excluding hydrogens is 332 g/mol. The van der Waals surface area contributed by atoms with Crippen LogP contribution >= 0.6 is 17.2 Å². The minimum absolute atomic E-state index is 0.0444. The van der Waals surface area contributed by atoms with Crippen molar-refractivity contribution in [3.05, 3.63) is 0 Å². The van der Waals surface area contributed by atoms with Crippen LogP contribution in [0.4, 0.5) is 0 Å². The van der Waals surface area contributed by atoms with Crippen LogP contribution in [0, 0.1) is 5.92 Å². The van der Waals surface area contributed by atoms with Crippen molar-refractivity contribution in [3.63, 3.8) is 0 Å². The lowest BCUT2D eigenvalue weighted by Crippen LogP contribution is -2.16. The molecule has 0 aliphatic carbocycles. The van der Waals surface area contributed by atoms with Crippen molar-refractivity contribution < 1.29 is 18.9 Å². The van der Waals surface area contributed by atoms with Crippen LogP contribution in [0.1, 0.15) is 25.7 Å². The maximum Gasteiger partial charge on any atom is 0.157 e. The molecule has 0 aliphatic heterocycles. The molecule has 0 bridgehead atoms. The van der Waals surface area contributed by atoms with E-state index in [-0.39, 0.29) is 12.6 Å². The Labute approximate surface area is 146 Å². The summed E-state index contributed by atoms with van der Waals surface area (Å²) in [5, 5.41) is 0. The second-order valence-corrected chi connectivity index (χ2v) is 8.56. The Balaban J connectivity index is 3.55. The quantitative estimate of drug-likeness (QED) is 0.243. The van der Waals surface area contributed by atoms with Gasteiger partial charge in [-0.1, -0.05) is 0 Å². The summed E-state index contributed by atoms with van der Waals surface area (Å²) in [6.07, 6.45) is 9.31. The third-order valence-electron chi connectivity index (χ3n) is 3.96. The fraction of sp³-hybridized carbons (Fsp3) is 1.00. The molecule has 0 aromatic rings. The van der Waals surface area contributed by atoms with Crippen LogP contribution in [0.25, 0.3) is 0 Å². The first kappa shape index (κ1) is 23.7. The zero-order valence-corrected chi connectivity index (χ0v) is 17.3. The summed E-state index contributed by atoms with van der Waals surface area (Å²) in [6.45, 7) is 0.812. The highest BCUT2D eigenvalue weighted by molar-refractivity contribution is 7.38. The number of hydrogen-bond donors (Lipinski definition) is 1. The second-order valence-electron chi connectivity index (χ2n) is 5.56. The van der Waals surface area contributed by atoms with Gasteiger partial charge in [-0.05, 0) is 50.0 Å². The van der Waals surface area contributed by atoms with Crippen LogP contribution in [0.2, 0.25) is 0 Å². The van der Waals surface area contributed by atoms with Crippen molar-refractivity contribution in [3.8, 4) is 0 Å². The van der Waals surface area contributed by atoms with E-state index in [1.165, 1.54) is 37.5 Å². The van der Waals surface area contributed by atoms with Crippen molar-refractivity contribution in [2.75, 3.05) is 59.6 Å². The van der Waals surface area contributed by atoms with Gasteiger partial charge in [0.1, 0.15) is 0 Å². The summed E-state index contributed by atoms with van der Waals surface area (Å²) in [5.41, 5.74) is 5.91. The highest BCUT2D eigenvalue weighted by atomic mass is 31.1. The maximum atomic E-state index is 5.91. The first-order valence-electron chi connectivity index (χ1n) is 8.44. The average Bonchev–Trinajstić information content (AvgIpc) is 2.59. The van der Waals surface area contributed by atoms with Gasteiger partial charge in [0.2, 0.25) is 0 Å². The van der Waals surface area contributed by atoms with Gasteiger partial charge >= 0.3 is 0 Å². The van der Waals surface area contributed by atoms with E-state index >= 15 is 0 Å². The Hall–Kier alpha value is 0.660. The van der Waals surface area contributed by atoms with E-state index in [0.29, 0.717) is 5.92 Å². The lowest BCUT2D eigenvalue weighted by Gasteiger charge is -2.16. The Morgan fingerprint density at radius 3 is 1.30 bits per heavy atom. The molecule has 140 valence electrons. The third-order valence-corrected chi connectivity index (χ3v) is 6.53. The minimum atomic E-state index is -0.0444. The predicted octanol–water partition coefficient (Wildman–Crippen LogP) is 2.72. The normalized spacial score (nSPS) is 14.2. The fourth-order valence-corrected chi connectivity index (χ4v) is 4.95. The lowest BCUT2D eigenvalue weighted by molar-refractivity contribution is -0.102. The molecule has 2 unspecified atom stereocenters. The molecule has 0 aromatic heterocycles. The highest BCUT2D eigenvalue weighted by Gasteiger charge is 2.09. The highest BCUT2D eigenvalue weighted by Crippen LogP contribution is 2.23. The lowest BCUT2D eigenvalue weighted by atomic mass is 10.0. The first-order chi connectivity index (χ1) is 11.2. The van der Waals surface area contributed by atoms with Gasteiger partial charge in [-0.3, -0.25) is 0 Å². The number of rotatable bonds is 17. The van der Waals surface area contributed by atoms with Gasteiger partial charge in [0.05, 0.1) is 0 Å². The van der Waals surface area contributed by atoms with Crippen molar-refractivity contribution in [2.24, 2.45) is 11.7 Å². The molecule has 0 radical (unpaired) electrons. The van der Waals surface area contributed by atoms with E-state index in [1.54, 1.807) is 28.4 Å². The summed E-state index contributed by atoms with van der Waals surface area (Å²) in [5.74, 6) is 0.677. The molecule has 0 aliphatic rings. The molecule has 0 spiro atoms. The Kier molecular flexibility index (Phi) is 18.0. The average molecular weight is 369 g/mol. The summed E-state index contributed by atoms with van der Waals surface area (Å²) < 4.78 is 20.8. The SMILES string of the molecule is COC(CCPCCC(CN)CCPCCC(OC)OC)OC. The van der Waals surface area contributed by atoms with Crippen molar-refractivity contribution in [1.82, 2.24) is 0 Å². The largest absolute Gasteiger partial charge is 0.356 e. The van der Waals surface area contributed by atoms with Gasteiger partial charge < -0.3 is 24.7 Å². The second kappa shape index (κ2) is 17.5. The fourth-order valence-electron chi connectivity index (χ4n) is 2.35. The number of nitrogens with two attached hydrogens (primary N) is 1. The standard InChI is InChI=1S/C16H37NO4P2/c1-18-15(19-2)7-11-22-9-5-14(13-17)6-10-23-12-8-16(20-3)21-4/h14-16,22-23H,5-13,17H2,1-4H3. The molecular formula is C16H37NO4P2.